The van der Waals surface area contributed by atoms with Gasteiger partial charge in [-0.05, 0) is 33.7 Å². The van der Waals surface area contributed by atoms with Gasteiger partial charge in [0.1, 0.15) is 0 Å². The van der Waals surface area contributed by atoms with Crippen molar-refractivity contribution in [2.75, 3.05) is 26.7 Å². The second-order valence-electron chi connectivity index (χ2n) is 5.06. The second kappa shape index (κ2) is 7.25. The zero-order valence-corrected chi connectivity index (χ0v) is 11.3. The standard InChI is InChI=1S/C13H28N2O/c1-5-6-11(2)14-8-9-15(4)13-7-10-16-12(13)3/h11-14H,5-10H2,1-4H3. The Morgan fingerprint density at radius 3 is 2.81 bits per heavy atom. The van der Waals surface area contributed by atoms with Gasteiger partial charge in [0.05, 0.1) is 6.10 Å². The monoisotopic (exact) mass is 228 g/mol. The van der Waals surface area contributed by atoms with E-state index in [0.717, 1.165) is 19.7 Å². The molecular weight excluding hydrogens is 200 g/mol. The Hall–Kier alpha value is -0.120. The topological polar surface area (TPSA) is 24.5 Å². The van der Waals surface area contributed by atoms with Crippen LogP contribution in [-0.4, -0.2) is 49.8 Å². The molecule has 1 rings (SSSR count). The normalized spacial score (nSPS) is 27.6. The fourth-order valence-electron chi connectivity index (χ4n) is 2.49. The van der Waals surface area contributed by atoms with Crippen molar-refractivity contribution in [2.45, 2.75) is 58.2 Å². The average molecular weight is 228 g/mol. The fraction of sp³-hybridized carbons (Fsp3) is 1.00. The molecule has 3 heteroatoms. The molecule has 0 aliphatic carbocycles. The molecule has 1 N–H and O–H groups in total. The SMILES string of the molecule is CCCC(C)NCCN(C)C1CCOC1C. The predicted molar refractivity (Wildman–Crippen MR) is 68.8 cm³/mol. The molecule has 3 nitrogen and oxygen atoms in total. The maximum atomic E-state index is 5.59. The van der Waals surface area contributed by atoms with Crippen LogP contribution in [0.15, 0.2) is 0 Å². The predicted octanol–water partition coefficient (Wildman–Crippen LogP) is 1.87. The van der Waals surface area contributed by atoms with Gasteiger partial charge in [-0.2, -0.15) is 0 Å². The molecule has 1 heterocycles. The quantitative estimate of drug-likeness (QED) is 0.720. The summed E-state index contributed by atoms with van der Waals surface area (Å²) in [4.78, 5) is 2.43. The van der Waals surface area contributed by atoms with Crippen molar-refractivity contribution in [3.8, 4) is 0 Å². The zero-order valence-electron chi connectivity index (χ0n) is 11.3. The Labute approximate surface area is 101 Å². The smallest absolute Gasteiger partial charge is 0.0702 e. The van der Waals surface area contributed by atoms with Crippen LogP contribution in [0.2, 0.25) is 0 Å². The van der Waals surface area contributed by atoms with Gasteiger partial charge in [-0.1, -0.05) is 13.3 Å². The van der Waals surface area contributed by atoms with E-state index in [9.17, 15) is 0 Å². The number of nitrogens with one attached hydrogen (secondary N) is 1. The van der Waals surface area contributed by atoms with Gasteiger partial charge in [-0.25, -0.2) is 0 Å². The van der Waals surface area contributed by atoms with E-state index in [1.54, 1.807) is 0 Å². The van der Waals surface area contributed by atoms with Crippen LogP contribution in [0.1, 0.15) is 40.0 Å². The molecule has 0 amide bonds. The Morgan fingerprint density at radius 2 is 2.25 bits per heavy atom. The number of hydrogen-bond donors (Lipinski definition) is 1. The van der Waals surface area contributed by atoms with Gasteiger partial charge in [0, 0.05) is 31.8 Å². The number of ether oxygens (including phenoxy) is 1. The molecule has 0 bridgehead atoms. The number of rotatable bonds is 7. The summed E-state index contributed by atoms with van der Waals surface area (Å²) in [6, 6.07) is 1.26. The first kappa shape index (κ1) is 13.9. The third-order valence-electron chi connectivity index (χ3n) is 3.58. The van der Waals surface area contributed by atoms with Gasteiger partial charge in [-0.15, -0.1) is 0 Å². The molecule has 1 aliphatic heterocycles. The Bertz CT molecular complexity index is 187. The van der Waals surface area contributed by atoms with Crippen molar-refractivity contribution in [1.82, 2.24) is 10.2 Å². The Balaban J connectivity index is 2.12. The largest absolute Gasteiger partial charge is 0.377 e. The lowest BCUT2D eigenvalue weighted by Gasteiger charge is -2.27. The highest BCUT2D eigenvalue weighted by atomic mass is 16.5. The Morgan fingerprint density at radius 1 is 1.50 bits per heavy atom. The molecule has 0 radical (unpaired) electrons. The third kappa shape index (κ3) is 4.40. The third-order valence-corrected chi connectivity index (χ3v) is 3.58. The lowest BCUT2D eigenvalue weighted by Crippen LogP contribution is -2.42. The molecule has 3 atom stereocenters. The minimum absolute atomic E-state index is 0.401. The minimum Gasteiger partial charge on any atom is -0.377 e. The molecule has 0 aromatic rings. The number of hydrogen-bond acceptors (Lipinski definition) is 3. The van der Waals surface area contributed by atoms with Crippen molar-refractivity contribution in [1.29, 1.82) is 0 Å². The highest BCUT2D eigenvalue weighted by Gasteiger charge is 2.27. The Kier molecular flexibility index (Phi) is 6.32. The van der Waals surface area contributed by atoms with Gasteiger partial charge < -0.3 is 10.1 Å². The van der Waals surface area contributed by atoms with E-state index in [1.807, 2.05) is 0 Å². The maximum absolute atomic E-state index is 5.59. The van der Waals surface area contributed by atoms with Crippen molar-refractivity contribution >= 4 is 0 Å². The first-order valence-corrected chi connectivity index (χ1v) is 6.70. The molecule has 0 aromatic heterocycles. The molecule has 3 unspecified atom stereocenters. The van der Waals surface area contributed by atoms with Gasteiger partial charge >= 0.3 is 0 Å². The van der Waals surface area contributed by atoms with E-state index in [4.69, 9.17) is 4.74 Å². The van der Waals surface area contributed by atoms with E-state index >= 15 is 0 Å². The van der Waals surface area contributed by atoms with Crippen molar-refractivity contribution < 1.29 is 4.74 Å². The molecule has 16 heavy (non-hydrogen) atoms. The van der Waals surface area contributed by atoms with Crippen molar-refractivity contribution in [3.63, 3.8) is 0 Å². The molecule has 0 spiro atoms. The molecule has 1 saturated heterocycles. The van der Waals surface area contributed by atoms with Crippen LogP contribution in [0.3, 0.4) is 0 Å². The number of likely N-dealkylation sites (N-methyl/N-ethyl adjacent to an activating group) is 1. The van der Waals surface area contributed by atoms with E-state index in [1.165, 1.54) is 19.3 Å². The molecule has 1 aliphatic rings. The van der Waals surface area contributed by atoms with Gasteiger partial charge in [0.15, 0.2) is 0 Å². The van der Waals surface area contributed by atoms with E-state index < -0.39 is 0 Å². The number of nitrogens with zero attached hydrogens (tertiary/aromatic N) is 1. The summed E-state index contributed by atoms with van der Waals surface area (Å²) in [7, 11) is 2.21. The zero-order chi connectivity index (χ0) is 12.0. The summed E-state index contributed by atoms with van der Waals surface area (Å²) < 4.78 is 5.59. The van der Waals surface area contributed by atoms with E-state index in [-0.39, 0.29) is 0 Å². The van der Waals surface area contributed by atoms with Crippen LogP contribution in [0.4, 0.5) is 0 Å². The molecule has 0 aromatic carbocycles. The molecule has 96 valence electrons. The summed E-state index contributed by atoms with van der Waals surface area (Å²) in [5.74, 6) is 0. The van der Waals surface area contributed by atoms with Crippen LogP contribution in [0.5, 0.6) is 0 Å². The average Bonchev–Trinajstić information content (AvgIpc) is 2.64. The van der Waals surface area contributed by atoms with Gasteiger partial charge in [-0.3, -0.25) is 4.90 Å². The summed E-state index contributed by atoms with van der Waals surface area (Å²) in [6.07, 6.45) is 4.12. The summed E-state index contributed by atoms with van der Waals surface area (Å²) in [5, 5.41) is 3.57. The van der Waals surface area contributed by atoms with Gasteiger partial charge in [0.25, 0.3) is 0 Å². The van der Waals surface area contributed by atoms with Crippen LogP contribution >= 0.6 is 0 Å². The van der Waals surface area contributed by atoms with E-state index in [0.29, 0.717) is 18.2 Å². The van der Waals surface area contributed by atoms with Crippen LogP contribution in [-0.2, 0) is 4.74 Å². The first-order valence-electron chi connectivity index (χ1n) is 6.70. The highest BCUT2D eigenvalue weighted by Crippen LogP contribution is 2.17. The first-order chi connectivity index (χ1) is 7.65. The molecular formula is C13H28N2O. The van der Waals surface area contributed by atoms with E-state index in [2.05, 4.69) is 38.0 Å². The highest BCUT2D eigenvalue weighted by molar-refractivity contribution is 4.80. The minimum atomic E-state index is 0.401. The summed E-state index contributed by atoms with van der Waals surface area (Å²) in [5.41, 5.74) is 0. The van der Waals surface area contributed by atoms with Crippen molar-refractivity contribution in [3.05, 3.63) is 0 Å². The summed E-state index contributed by atoms with van der Waals surface area (Å²) in [6.45, 7) is 9.82. The molecule has 0 saturated carbocycles. The van der Waals surface area contributed by atoms with Gasteiger partial charge in [0.2, 0.25) is 0 Å². The maximum Gasteiger partial charge on any atom is 0.0702 e. The lowest BCUT2D eigenvalue weighted by molar-refractivity contribution is 0.0838. The van der Waals surface area contributed by atoms with Crippen LogP contribution in [0.25, 0.3) is 0 Å². The van der Waals surface area contributed by atoms with Crippen LogP contribution in [0, 0.1) is 0 Å². The lowest BCUT2D eigenvalue weighted by atomic mass is 10.1. The summed E-state index contributed by atoms with van der Waals surface area (Å²) >= 11 is 0. The van der Waals surface area contributed by atoms with Crippen LogP contribution < -0.4 is 5.32 Å². The molecule has 1 fully saturated rings. The van der Waals surface area contributed by atoms with Crippen molar-refractivity contribution in [2.24, 2.45) is 0 Å². The second-order valence-corrected chi connectivity index (χ2v) is 5.06. The fourth-order valence-corrected chi connectivity index (χ4v) is 2.49.